The molecule has 0 saturated carbocycles. The molecule has 8 nitrogen and oxygen atoms in total. The molecule has 0 atom stereocenters. The maximum Gasteiger partial charge on any atom is 0.340 e. The molecule has 1 amide bonds. The van der Waals surface area contributed by atoms with E-state index in [9.17, 15) is 9.59 Å². The number of carbonyl (C=O) groups is 2. The smallest absolute Gasteiger partial charge is 0.340 e. The van der Waals surface area contributed by atoms with Gasteiger partial charge < -0.3 is 29.2 Å². The molecule has 0 aliphatic carbocycles. The number of aryl methyl sites for hydroxylation is 1. The number of esters is 1. The fourth-order valence-corrected chi connectivity index (χ4v) is 2.99. The molecule has 8 heteroatoms. The average molecular weight is 390 g/mol. The number of H-pyrrole nitrogens is 1. The first kappa shape index (κ1) is 21.1. The fraction of sp³-hybridized carbons (Fsp3) is 0.400. The van der Waals surface area contributed by atoms with Crippen LogP contribution < -0.4 is 19.5 Å². The normalized spacial score (nSPS) is 10.4. The van der Waals surface area contributed by atoms with Gasteiger partial charge in [-0.25, -0.2) is 4.79 Å². The summed E-state index contributed by atoms with van der Waals surface area (Å²) in [5.74, 6) is 0.711. The van der Waals surface area contributed by atoms with Crippen molar-refractivity contribution < 1.29 is 28.5 Å². The summed E-state index contributed by atoms with van der Waals surface area (Å²) in [7, 11) is 4.59. The lowest BCUT2D eigenvalue weighted by Gasteiger charge is -2.14. The number of methoxy groups -OCH3 is 3. The molecule has 0 spiro atoms. The molecule has 0 saturated heterocycles. The second-order valence-corrected chi connectivity index (χ2v) is 6.06. The van der Waals surface area contributed by atoms with Crippen LogP contribution in [0.25, 0.3) is 0 Å². The summed E-state index contributed by atoms with van der Waals surface area (Å²) in [6.07, 6.45) is 0. The van der Waals surface area contributed by atoms with Crippen LogP contribution in [0.4, 0.5) is 0 Å². The molecule has 1 heterocycles. The summed E-state index contributed by atoms with van der Waals surface area (Å²) >= 11 is 0. The zero-order valence-corrected chi connectivity index (χ0v) is 17.0. The Bertz CT molecular complexity index is 847. The number of carbonyl (C=O) groups excluding carboxylic acids is 2. The minimum Gasteiger partial charge on any atom is -0.493 e. The van der Waals surface area contributed by atoms with Gasteiger partial charge in [-0.05, 0) is 44.0 Å². The number of aromatic amines is 1. The van der Waals surface area contributed by atoms with Crippen LogP contribution in [0.3, 0.4) is 0 Å². The highest BCUT2D eigenvalue weighted by Gasteiger charge is 2.23. The van der Waals surface area contributed by atoms with E-state index >= 15 is 0 Å². The SMILES string of the molecule is CCOC(=O)c1c(C)[nH]c(C(=O)NCc2cc(OC)c(OC)c(OC)c2)c1C. The lowest BCUT2D eigenvalue weighted by molar-refractivity contribution is 0.0525. The first-order valence-corrected chi connectivity index (χ1v) is 8.81. The van der Waals surface area contributed by atoms with Gasteiger partial charge in [0.1, 0.15) is 5.69 Å². The topological polar surface area (TPSA) is 98.9 Å². The van der Waals surface area contributed by atoms with Crippen molar-refractivity contribution in [1.29, 1.82) is 0 Å². The minimum atomic E-state index is -0.447. The molecule has 1 aromatic carbocycles. The largest absolute Gasteiger partial charge is 0.493 e. The van der Waals surface area contributed by atoms with E-state index in [0.717, 1.165) is 5.56 Å². The summed E-state index contributed by atoms with van der Waals surface area (Å²) in [6.45, 7) is 5.69. The van der Waals surface area contributed by atoms with E-state index in [-0.39, 0.29) is 19.1 Å². The number of amides is 1. The van der Waals surface area contributed by atoms with Crippen LogP contribution in [0.1, 0.15) is 44.6 Å². The third-order valence-electron chi connectivity index (χ3n) is 4.32. The molecule has 0 aliphatic heterocycles. The summed E-state index contributed by atoms with van der Waals surface area (Å²) in [5, 5.41) is 2.83. The predicted molar refractivity (Wildman–Crippen MR) is 103 cm³/mol. The Kier molecular flexibility index (Phi) is 6.92. The molecule has 1 aromatic heterocycles. The van der Waals surface area contributed by atoms with Crippen molar-refractivity contribution in [2.24, 2.45) is 0 Å². The van der Waals surface area contributed by atoms with Gasteiger partial charge in [0.05, 0.1) is 33.5 Å². The molecular weight excluding hydrogens is 364 g/mol. The predicted octanol–water partition coefficient (Wildman–Crippen LogP) is 2.76. The zero-order chi connectivity index (χ0) is 20.8. The molecule has 0 aliphatic rings. The summed E-state index contributed by atoms with van der Waals surface area (Å²) in [6, 6.07) is 3.52. The number of nitrogens with one attached hydrogen (secondary N) is 2. The Morgan fingerprint density at radius 3 is 2.14 bits per heavy atom. The second-order valence-electron chi connectivity index (χ2n) is 6.06. The van der Waals surface area contributed by atoms with Gasteiger partial charge in [-0.2, -0.15) is 0 Å². The van der Waals surface area contributed by atoms with Gasteiger partial charge >= 0.3 is 5.97 Å². The van der Waals surface area contributed by atoms with Gasteiger partial charge in [0.2, 0.25) is 5.75 Å². The van der Waals surface area contributed by atoms with E-state index in [4.69, 9.17) is 18.9 Å². The maximum atomic E-state index is 12.6. The highest BCUT2D eigenvalue weighted by atomic mass is 16.5. The molecule has 0 unspecified atom stereocenters. The lowest BCUT2D eigenvalue weighted by Crippen LogP contribution is -2.24. The molecule has 2 N–H and O–H groups in total. The van der Waals surface area contributed by atoms with Crippen LogP contribution in [0.15, 0.2) is 12.1 Å². The van der Waals surface area contributed by atoms with Gasteiger partial charge in [-0.1, -0.05) is 0 Å². The van der Waals surface area contributed by atoms with Crippen LogP contribution in [0.5, 0.6) is 17.2 Å². The van der Waals surface area contributed by atoms with Crippen molar-refractivity contribution in [3.8, 4) is 17.2 Å². The van der Waals surface area contributed by atoms with Crippen molar-refractivity contribution in [2.75, 3.05) is 27.9 Å². The van der Waals surface area contributed by atoms with Gasteiger partial charge in [-0.15, -0.1) is 0 Å². The Labute approximate surface area is 164 Å². The molecule has 0 fully saturated rings. The molecule has 28 heavy (non-hydrogen) atoms. The summed E-state index contributed by atoms with van der Waals surface area (Å²) < 4.78 is 21.0. The van der Waals surface area contributed by atoms with Crippen molar-refractivity contribution in [3.05, 3.63) is 40.2 Å². The third-order valence-corrected chi connectivity index (χ3v) is 4.32. The van der Waals surface area contributed by atoms with E-state index in [1.165, 1.54) is 21.3 Å². The number of rotatable bonds is 8. The molecule has 0 radical (unpaired) electrons. The first-order valence-electron chi connectivity index (χ1n) is 8.81. The van der Waals surface area contributed by atoms with Crippen molar-refractivity contribution in [2.45, 2.75) is 27.3 Å². The van der Waals surface area contributed by atoms with Gasteiger partial charge in [0, 0.05) is 12.2 Å². The maximum absolute atomic E-state index is 12.6. The summed E-state index contributed by atoms with van der Waals surface area (Å²) in [5.41, 5.74) is 2.63. The van der Waals surface area contributed by atoms with Gasteiger partial charge in [0.25, 0.3) is 5.91 Å². The van der Waals surface area contributed by atoms with Crippen LogP contribution in [-0.2, 0) is 11.3 Å². The van der Waals surface area contributed by atoms with Gasteiger partial charge in [0.15, 0.2) is 11.5 Å². The second kappa shape index (κ2) is 9.16. The Hall–Kier alpha value is -3.16. The van der Waals surface area contributed by atoms with E-state index in [1.807, 2.05) is 0 Å². The van der Waals surface area contributed by atoms with Crippen molar-refractivity contribution in [1.82, 2.24) is 10.3 Å². The summed E-state index contributed by atoms with van der Waals surface area (Å²) in [4.78, 5) is 27.7. The Balaban J connectivity index is 2.21. The Morgan fingerprint density at radius 1 is 1.04 bits per heavy atom. The van der Waals surface area contributed by atoms with Gasteiger partial charge in [-0.3, -0.25) is 4.79 Å². The highest BCUT2D eigenvalue weighted by molar-refractivity contribution is 6.00. The number of ether oxygens (including phenoxy) is 4. The quantitative estimate of drug-likeness (QED) is 0.673. The van der Waals surface area contributed by atoms with Crippen molar-refractivity contribution in [3.63, 3.8) is 0 Å². The molecule has 2 rings (SSSR count). The van der Waals surface area contributed by atoms with E-state index in [1.54, 1.807) is 32.9 Å². The molecular formula is C20H26N2O6. The first-order chi connectivity index (χ1) is 13.4. The fourth-order valence-electron chi connectivity index (χ4n) is 2.99. The number of benzene rings is 1. The highest BCUT2D eigenvalue weighted by Crippen LogP contribution is 2.38. The van der Waals surface area contributed by atoms with Crippen LogP contribution >= 0.6 is 0 Å². The number of aromatic nitrogens is 1. The average Bonchev–Trinajstić information content (AvgIpc) is 2.99. The monoisotopic (exact) mass is 390 g/mol. The molecule has 152 valence electrons. The van der Waals surface area contributed by atoms with E-state index in [0.29, 0.717) is 39.8 Å². The van der Waals surface area contributed by atoms with E-state index < -0.39 is 5.97 Å². The Morgan fingerprint density at radius 2 is 1.64 bits per heavy atom. The minimum absolute atomic E-state index is 0.238. The van der Waals surface area contributed by atoms with Crippen molar-refractivity contribution >= 4 is 11.9 Å². The lowest BCUT2D eigenvalue weighted by atomic mass is 10.1. The van der Waals surface area contributed by atoms with Crippen LogP contribution in [0.2, 0.25) is 0 Å². The zero-order valence-electron chi connectivity index (χ0n) is 17.0. The standard InChI is InChI=1S/C20H26N2O6/c1-7-28-20(24)16-11(2)17(22-12(16)3)19(23)21-10-13-8-14(25-4)18(27-6)15(9-13)26-5/h8-9,22H,7,10H2,1-6H3,(H,21,23). The number of hydrogen-bond acceptors (Lipinski definition) is 6. The molecule has 0 bridgehead atoms. The number of hydrogen-bond donors (Lipinski definition) is 2. The van der Waals surface area contributed by atoms with E-state index in [2.05, 4.69) is 10.3 Å². The van der Waals surface area contributed by atoms with Crippen LogP contribution in [-0.4, -0.2) is 44.8 Å². The molecule has 2 aromatic rings. The third kappa shape index (κ3) is 4.21. The van der Waals surface area contributed by atoms with Crippen LogP contribution in [0, 0.1) is 13.8 Å².